The second-order valence-electron chi connectivity index (χ2n) is 8.40. The molecule has 1 unspecified atom stereocenters. The topological polar surface area (TPSA) is 20.2 Å². The van der Waals surface area contributed by atoms with Crippen molar-refractivity contribution < 1.29 is 5.11 Å². The number of benzene rings is 4. The SMILES string of the molecule is CC1C=CC2=C(CCc3c2ccc2ccccc32)C1.Oc1ccc2ccccc2c1. The number of rotatable bonds is 0. The summed E-state index contributed by atoms with van der Waals surface area (Å²) in [6.45, 7) is 2.32. The van der Waals surface area contributed by atoms with E-state index >= 15 is 0 Å². The van der Waals surface area contributed by atoms with Gasteiger partial charge in [0.2, 0.25) is 0 Å². The van der Waals surface area contributed by atoms with Crippen LogP contribution in [0.2, 0.25) is 0 Å². The van der Waals surface area contributed by atoms with Crippen molar-refractivity contribution in [1.82, 2.24) is 0 Å². The van der Waals surface area contributed by atoms with Gasteiger partial charge in [-0.1, -0.05) is 91.4 Å². The molecule has 0 radical (unpaired) electrons. The monoisotopic (exact) mass is 390 g/mol. The van der Waals surface area contributed by atoms with Gasteiger partial charge < -0.3 is 5.11 Å². The molecule has 1 atom stereocenters. The zero-order valence-corrected chi connectivity index (χ0v) is 17.3. The molecule has 6 rings (SSSR count). The molecule has 0 bridgehead atoms. The number of hydrogen-bond donors (Lipinski definition) is 1. The fourth-order valence-electron chi connectivity index (χ4n) is 4.77. The molecule has 1 nitrogen and oxygen atoms in total. The quantitative estimate of drug-likeness (QED) is 0.326. The van der Waals surface area contributed by atoms with E-state index in [1.54, 1.807) is 23.3 Å². The Morgan fingerprint density at radius 3 is 2.37 bits per heavy atom. The zero-order valence-electron chi connectivity index (χ0n) is 17.3. The number of aromatic hydroxyl groups is 1. The van der Waals surface area contributed by atoms with Crippen molar-refractivity contribution in [1.29, 1.82) is 0 Å². The number of phenolic OH excluding ortho intramolecular Hbond substituents is 1. The standard InChI is InChI=1S/C19H18.C10H8O/c1-13-6-9-17-15(12-13)8-11-18-16-5-3-2-4-14(16)7-10-19(17)18;11-10-6-5-8-3-1-2-4-9(8)7-10/h2-7,9-10,13H,8,11-12H2,1H3;1-7,11H. The van der Waals surface area contributed by atoms with E-state index in [4.69, 9.17) is 5.11 Å². The number of hydrogen-bond acceptors (Lipinski definition) is 1. The van der Waals surface area contributed by atoms with Crippen LogP contribution in [-0.2, 0) is 6.42 Å². The van der Waals surface area contributed by atoms with Gasteiger partial charge >= 0.3 is 0 Å². The average molecular weight is 391 g/mol. The first-order valence-electron chi connectivity index (χ1n) is 10.8. The zero-order chi connectivity index (χ0) is 20.5. The maximum atomic E-state index is 9.13. The third-order valence-electron chi connectivity index (χ3n) is 6.28. The van der Waals surface area contributed by atoms with Crippen molar-refractivity contribution in [3.05, 3.63) is 108 Å². The molecule has 4 aromatic carbocycles. The minimum atomic E-state index is 0.323. The summed E-state index contributed by atoms with van der Waals surface area (Å²) in [5.74, 6) is 1.03. The van der Waals surface area contributed by atoms with E-state index in [1.165, 1.54) is 41.2 Å². The number of fused-ring (bicyclic) bond motifs is 5. The minimum absolute atomic E-state index is 0.323. The van der Waals surface area contributed by atoms with Gasteiger partial charge in [0.05, 0.1) is 0 Å². The Bertz CT molecular complexity index is 1290. The molecular weight excluding hydrogens is 364 g/mol. The highest BCUT2D eigenvalue weighted by Gasteiger charge is 2.22. The first-order valence-corrected chi connectivity index (χ1v) is 10.8. The van der Waals surface area contributed by atoms with E-state index in [9.17, 15) is 0 Å². The summed E-state index contributed by atoms with van der Waals surface area (Å²) in [6.07, 6.45) is 8.42. The van der Waals surface area contributed by atoms with E-state index < -0.39 is 0 Å². The molecule has 148 valence electrons. The molecule has 0 aromatic heterocycles. The molecule has 1 heteroatoms. The highest BCUT2D eigenvalue weighted by molar-refractivity contribution is 5.93. The third kappa shape index (κ3) is 3.52. The molecule has 2 aliphatic rings. The van der Waals surface area contributed by atoms with Crippen molar-refractivity contribution in [3.63, 3.8) is 0 Å². The van der Waals surface area contributed by atoms with Crippen molar-refractivity contribution >= 4 is 27.1 Å². The lowest BCUT2D eigenvalue weighted by molar-refractivity contribution is 0.476. The molecule has 1 N–H and O–H groups in total. The van der Waals surface area contributed by atoms with E-state index in [1.807, 2.05) is 30.3 Å². The number of phenols is 1. The van der Waals surface area contributed by atoms with E-state index in [2.05, 4.69) is 55.5 Å². The van der Waals surface area contributed by atoms with Gasteiger partial charge in [-0.05, 0) is 75.6 Å². The molecule has 0 saturated carbocycles. The smallest absolute Gasteiger partial charge is 0.116 e. The average Bonchev–Trinajstić information content (AvgIpc) is 2.78. The van der Waals surface area contributed by atoms with Crippen molar-refractivity contribution in [2.45, 2.75) is 26.2 Å². The van der Waals surface area contributed by atoms with Gasteiger partial charge in [-0.25, -0.2) is 0 Å². The molecule has 0 amide bonds. The lowest BCUT2D eigenvalue weighted by Crippen LogP contribution is -2.10. The van der Waals surface area contributed by atoms with Gasteiger partial charge in [-0.3, -0.25) is 0 Å². The van der Waals surface area contributed by atoms with Crippen LogP contribution in [0.5, 0.6) is 5.75 Å². The molecule has 0 saturated heterocycles. The molecule has 30 heavy (non-hydrogen) atoms. The maximum Gasteiger partial charge on any atom is 0.116 e. The minimum Gasteiger partial charge on any atom is -0.508 e. The van der Waals surface area contributed by atoms with Crippen LogP contribution in [0.4, 0.5) is 0 Å². The Morgan fingerprint density at radius 2 is 1.50 bits per heavy atom. The molecule has 0 aliphatic heterocycles. The van der Waals surface area contributed by atoms with Crippen LogP contribution >= 0.6 is 0 Å². The first kappa shape index (κ1) is 18.7. The van der Waals surface area contributed by atoms with E-state index in [0.717, 1.165) is 10.8 Å². The summed E-state index contributed by atoms with van der Waals surface area (Å²) in [5, 5.41) is 14.2. The van der Waals surface area contributed by atoms with Crippen molar-refractivity contribution in [3.8, 4) is 5.75 Å². The van der Waals surface area contributed by atoms with Crippen LogP contribution in [0.15, 0.2) is 96.6 Å². The predicted molar refractivity (Wildman–Crippen MR) is 128 cm³/mol. The fraction of sp³-hybridized carbons (Fsp3) is 0.172. The molecule has 0 fully saturated rings. The maximum absolute atomic E-state index is 9.13. The summed E-state index contributed by atoms with van der Waals surface area (Å²) < 4.78 is 0. The van der Waals surface area contributed by atoms with Gasteiger partial charge in [0.15, 0.2) is 0 Å². The summed E-state index contributed by atoms with van der Waals surface area (Å²) in [4.78, 5) is 0. The van der Waals surface area contributed by atoms with Crippen LogP contribution in [0.1, 0.15) is 30.9 Å². The second-order valence-corrected chi connectivity index (χ2v) is 8.40. The van der Waals surface area contributed by atoms with Crippen LogP contribution in [0, 0.1) is 5.92 Å². The molecule has 2 aliphatic carbocycles. The van der Waals surface area contributed by atoms with Gasteiger partial charge in [0.1, 0.15) is 5.75 Å². The van der Waals surface area contributed by atoms with Gasteiger partial charge in [0, 0.05) is 0 Å². The molecule has 0 spiro atoms. The summed E-state index contributed by atoms with van der Waals surface area (Å²) in [7, 11) is 0. The summed E-state index contributed by atoms with van der Waals surface area (Å²) in [6, 6.07) is 26.7. The molecular formula is C29H26O. The normalized spacial score (nSPS) is 17.3. The van der Waals surface area contributed by atoms with Gasteiger partial charge in [-0.15, -0.1) is 0 Å². The molecule has 0 heterocycles. The highest BCUT2D eigenvalue weighted by atomic mass is 16.3. The van der Waals surface area contributed by atoms with Gasteiger partial charge in [0.25, 0.3) is 0 Å². The molecule has 4 aromatic rings. The summed E-state index contributed by atoms with van der Waals surface area (Å²) in [5.41, 5.74) is 6.20. The third-order valence-corrected chi connectivity index (χ3v) is 6.28. The van der Waals surface area contributed by atoms with Crippen molar-refractivity contribution in [2.24, 2.45) is 5.92 Å². The first-order chi connectivity index (χ1) is 14.7. The Hall–Kier alpha value is -3.32. The van der Waals surface area contributed by atoms with E-state index in [-0.39, 0.29) is 0 Å². The lowest BCUT2D eigenvalue weighted by Gasteiger charge is -2.27. The van der Waals surface area contributed by atoms with Crippen molar-refractivity contribution in [2.75, 3.05) is 0 Å². The van der Waals surface area contributed by atoms with Crippen LogP contribution in [0.3, 0.4) is 0 Å². The number of aryl methyl sites for hydroxylation is 1. The summed E-state index contributed by atoms with van der Waals surface area (Å²) >= 11 is 0. The Kier molecular flexibility index (Phi) is 4.88. The Morgan fingerprint density at radius 1 is 0.767 bits per heavy atom. The van der Waals surface area contributed by atoms with Gasteiger partial charge in [-0.2, -0.15) is 0 Å². The fourth-order valence-corrected chi connectivity index (χ4v) is 4.77. The van der Waals surface area contributed by atoms with Crippen LogP contribution < -0.4 is 0 Å². The Labute approximate surface area is 178 Å². The Balaban J connectivity index is 0.000000149. The second kappa shape index (κ2) is 7.84. The van der Waals surface area contributed by atoms with Crippen LogP contribution in [0.25, 0.3) is 27.1 Å². The van der Waals surface area contributed by atoms with Crippen LogP contribution in [-0.4, -0.2) is 5.11 Å². The van der Waals surface area contributed by atoms with E-state index in [0.29, 0.717) is 11.7 Å². The largest absolute Gasteiger partial charge is 0.508 e. The number of allylic oxidation sites excluding steroid dienone is 4. The highest BCUT2D eigenvalue weighted by Crippen LogP contribution is 2.40. The lowest BCUT2D eigenvalue weighted by atomic mass is 9.77. The predicted octanol–water partition coefficient (Wildman–Crippen LogP) is 7.68.